The van der Waals surface area contributed by atoms with Gasteiger partial charge < -0.3 is 4.74 Å². The molecule has 0 fully saturated rings. The summed E-state index contributed by atoms with van der Waals surface area (Å²) in [5.41, 5.74) is 3.66. The Hall–Kier alpha value is -2.96. The molecular weight excluding hydrogens is 444 g/mol. The number of carbonyl (C=O) groups is 2. The van der Waals surface area contributed by atoms with Crippen molar-refractivity contribution in [1.82, 2.24) is 5.43 Å². The number of nitrogens with zero attached hydrogens (tertiary/aromatic N) is 1. The van der Waals surface area contributed by atoms with Crippen LogP contribution in [0.15, 0.2) is 82.4 Å². The van der Waals surface area contributed by atoms with Crippen molar-refractivity contribution in [3.8, 4) is 5.75 Å². The summed E-state index contributed by atoms with van der Waals surface area (Å²) in [5.74, 6) is -0.620. The Morgan fingerprint density at radius 1 is 1.00 bits per heavy atom. The molecule has 0 spiro atoms. The molecule has 140 valence electrons. The molecule has 0 unspecified atom stereocenters. The molecule has 1 N–H and O–H groups in total. The number of hydrogen-bond acceptors (Lipinski definition) is 4. The predicted molar refractivity (Wildman–Crippen MR) is 112 cm³/mol. The van der Waals surface area contributed by atoms with Gasteiger partial charge in [-0.25, -0.2) is 10.2 Å². The first-order chi connectivity index (χ1) is 13.5. The fourth-order valence-corrected chi connectivity index (χ4v) is 2.91. The van der Waals surface area contributed by atoms with Gasteiger partial charge >= 0.3 is 5.97 Å². The van der Waals surface area contributed by atoms with Crippen LogP contribution in [0.5, 0.6) is 5.75 Å². The van der Waals surface area contributed by atoms with Gasteiger partial charge in [-0.3, -0.25) is 4.79 Å². The summed E-state index contributed by atoms with van der Waals surface area (Å²) in [6.07, 6.45) is 1.40. The monoisotopic (exact) mass is 456 g/mol. The van der Waals surface area contributed by atoms with Gasteiger partial charge in [-0.2, -0.15) is 5.10 Å². The third kappa shape index (κ3) is 5.06. The number of esters is 1. The minimum Gasteiger partial charge on any atom is -0.422 e. The van der Waals surface area contributed by atoms with E-state index in [-0.39, 0.29) is 0 Å². The minimum atomic E-state index is -0.488. The lowest BCUT2D eigenvalue weighted by Gasteiger charge is -2.08. The molecule has 0 bridgehead atoms. The zero-order valence-electron chi connectivity index (χ0n) is 14.4. The second kappa shape index (κ2) is 9.30. The van der Waals surface area contributed by atoms with E-state index < -0.39 is 11.9 Å². The summed E-state index contributed by atoms with van der Waals surface area (Å²) in [6, 6.07) is 20.4. The van der Waals surface area contributed by atoms with Crippen molar-refractivity contribution in [3.05, 3.63) is 99.0 Å². The summed E-state index contributed by atoms with van der Waals surface area (Å²) in [7, 11) is 0. The Balaban J connectivity index is 1.75. The van der Waals surface area contributed by atoms with Gasteiger partial charge in [-0.15, -0.1) is 0 Å². The van der Waals surface area contributed by atoms with Crippen LogP contribution in [0.4, 0.5) is 0 Å². The lowest BCUT2D eigenvalue weighted by atomic mass is 10.2. The highest BCUT2D eigenvalue weighted by Crippen LogP contribution is 2.23. The summed E-state index contributed by atoms with van der Waals surface area (Å²) in [5, 5.41) is 4.27. The van der Waals surface area contributed by atoms with Crippen LogP contribution in [0.1, 0.15) is 26.3 Å². The Labute approximate surface area is 175 Å². The topological polar surface area (TPSA) is 67.8 Å². The number of ether oxygens (including phenoxy) is 1. The van der Waals surface area contributed by atoms with Crippen molar-refractivity contribution < 1.29 is 14.3 Å². The van der Waals surface area contributed by atoms with Gasteiger partial charge in [0.25, 0.3) is 5.91 Å². The van der Waals surface area contributed by atoms with Crippen molar-refractivity contribution in [2.24, 2.45) is 5.10 Å². The fourth-order valence-electron chi connectivity index (χ4n) is 2.31. The maximum atomic E-state index is 12.3. The molecule has 0 heterocycles. The number of rotatable bonds is 5. The van der Waals surface area contributed by atoms with Gasteiger partial charge in [0.1, 0.15) is 5.75 Å². The number of carbonyl (C=O) groups excluding carboxylic acids is 2. The molecule has 0 radical (unpaired) electrons. The van der Waals surface area contributed by atoms with Crippen LogP contribution in [0.3, 0.4) is 0 Å². The van der Waals surface area contributed by atoms with E-state index in [0.29, 0.717) is 27.5 Å². The van der Waals surface area contributed by atoms with Gasteiger partial charge in [-0.1, -0.05) is 57.9 Å². The normalized spacial score (nSPS) is 10.6. The largest absolute Gasteiger partial charge is 0.422 e. The summed E-state index contributed by atoms with van der Waals surface area (Å²) < 4.78 is 6.23. The molecule has 0 aromatic heterocycles. The van der Waals surface area contributed by atoms with Gasteiger partial charge in [0.05, 0.1) is 22.4 Å². The Kier molecular flexibility index (Phi) is 6.57. The van der Waals surface area contributed by atoms with Crippen LogP contribution in [0.25, 0.3) is 0 Å². The number of halogens is 2. The highest BCUT2D eigenvalue weighted by Gasteiger charge is 2.12. The van der Waals surface area contributed by atoms with Crippen molar-refractivity contribution in [2.45, 2.75) is 0 Å². The molecule has 0 aliphatic carbocycles. The third-order valence-electron chi connectivity index (χ3n) is 3.67. The quantitative estimate of drug-likeness (QED) is 0.251. The van der Waals surface area contributed by atoms with Crippen LogP contribution >= 0.6 is 27.5 Å². The molecule has 5 nitrogen and oxygen atoms in total. The second-order valence-corrected chi connectivity index (χ2v) is 6.94. The number of benzene rings is 3. The molecule has 0 aliphatic rings. The number of hydrogen-bond donors (Lipinski definition) is 1. The van der Waals surface area contributed by atoms with Crippen molar-refractivity contribution >= 4 is 45.6 Å². The van der Waals surface area contributed by atoms with Gasteiger partial charge in [0.15, 0.2) is 0 Å². The first kappa shape index (κ1) is 19.8. The van der Waals surface area contributed by atoms with E-state index in [9.17, 15) is 9.59 Å². The van der Waals surface area contributed by atoms with Crippen LogP contribution in [-0.2, 0) is 0 Å². The first-order valence-corrected chi connectivity index (χ1v) is 9.36. The average Bonchev–Trinajstić information content (AvgIpc) is 2.70. The van der Waals surface area contributed by atoms with E-state index in [2.05, 4.69) is 26.5 Å². The van der Waals surface area contributed by atoms with E-state index >= 15 is 0 Å². The highest BCUT2D eigenvalue weighted by atomic mass is 79.9. The molecule has 1 amide bonds. The molecule has 0 aliphatic heterocycles. The molecule has 7 heteroatoms. The van der Waals surface area contributed by atoms with E-state index in [4.69, 9.17) is 16.3 Å². The van der Waals surface area contributed by atoms with Gasteiger partial charge in [0.2, 0.25) is 0 Å². The fraction of sp³-hybridized carbons (Fsp3) is 0. The molecular formula is C21H14BrClN2O3. The smallest absolute Gasteiger partial charge is 0.343 e. The van der Waals surface area contributed by atoms with Gasteiger partial charge in [-0.05, 0) is 42.5 Å². The zero-order chi connectivity index (χ0) is 19.9. The Morgan fingerprint density at radius 2 is 1.71 bits per heavy atom. The van der Waals surface area contributed by atoms with E-state index in [0.717, 1.165) is 4.47 Å². The van der Waals surface area contributed by atoms with Crippen molar-refractivity contribution in [2.75, 3.05) is 0 Å². The zero-order valence-corrected chi connectivity index (χ0v) is 16.8. The lowest BCUT2D eigenvalue weighted by molar-refractivity contribution is 0.0734. The van der Waals surface area contributed by atoms with E-state index in [1.165, 1.54) is 6.21 Å². The molecule has 28 heavy (non-hydrogen) atoms. The van der Waals surface area contributed by atoms with E-state index in [1.807, 2.05) is 6.07 Å². The standard InChI is InChI=1S/C21H14BrClN2O3/c22-16-10-11-19(28-21(27)14-6-2-1-3-7-14)15(12-16)13-24-25-20(26)17-8-4-5-9-18(17)23/h1-13H,(H,25,26)/b24-13+. The minimum absolute atomic E-state index is 0.311. The van der Waals surface area contributed by atoms with Gasteiger partial charge in [0, 0.05) is 10.0 Å². The Bertz CT molecular complexity index is 1040. The van der Waals surface area contributed by atoms with Crippen molar-refractivity contribution in [1.29, 1.82) is 0 Å². The molecule has 3 aromatic carbocycles. The number of nitrogens with one attached hydrogen (secondary N) is 1. The molecule has 3 aromatic rings. The summed E-state index contributed by atoms with van der Waals surface area (Å²) >= 11 is 9.37. The molecule has 0 saturated carbocycles. The van der Waals surface area contributed by atoms with E-state index in [1.54, 1.807) is 66.7 Å². The lowest BCUT2D eigenvalue weighted by Crippen LogP contribution is -2.18. The summed E-state index contributed by atoms with van der Waals surface area (Å²) in [6.45, 7) is 0. The maximum Gasteiger partial charge on any atom is 0.343 e. The average molecular weight is 458 g/mol. The van der Waals surface area contributed by atoms with Crippen LogP contribution in [0.2, 0.25) is 5.02 Å². The molecule has 0 atom stereocenters. The van der Waals surface area contributed by atoms with Crippen LogP contribution < -0.4 is 10.2 Å². The third-order valence-corrected chi connectivity index (χ3v) is 4.50. The van der Waals surface area contributed by atoms with Crippen LogP contribution in [-0.4, -0.2) is 18.1 Å². The highest BCUT2D eigenvalue weighted by molar-refractivity contribution is 9.10. The number of amides is 1. The van der Waals surface area contributed by atoms with Crippen molar-refractivity contribution in [3.63, 3.8) is 0 Å². The molecule has 3 rings (SSSR count). The first-order valence-electron chi connectivity index (χ1n) is 8.19. The molecule has 0 saturated heterocycles. The predicted octanol–water partition coefficient (Wildman–Crippen LogP) is 5.09. The Morgan fingerprint density at radius 3 is 2.46 bits per heavy atom. The second-order valence-electron chi connectivity index (χ2n) is 5.62. The SMILES string of the molecule is O=C(Oc1ccc(Br)cc1/C=N/NC(=O)c1ccccc1Cl)c1ccccc1. The maximum absolute atomic E-state index is 12.3. The number of hydrazone groups is 1. The van der Waals surface area contributed by atoms with Crippen LogP contribution in [0, 0.1) is 0 Å². The summed E-state index contributed by atoms with van der Waals surface area (Å²) in [4.78, 5) is 24.5.